The van der Waals surface area contributed by atoms with Gasteiger partial charge in [-0.15, -0.1) is 0 Å². The third kappa shape index (κ3) is 0.418. The Bertz CT molecular complexity index is 274. The predicted molar refractivity (Wildman–Crippen MR) is 48.7 cm³/mol. The summed E-state index contributed by atoms with van der Waals surface area (Å²) < 4.78 is 0. The zero-order valence-electron chi connectivity index (χ0n) is 8.19. The van der Waals surface area contributed by atoms with Crippen molar-refractivity contribution in [2.45, 2.75) is 46.0 Å². The Morgan fingerprint density at radius 3 is 2.33 bits per heavy atom. The second-order valence-corrected chi connectivity index (χ2v) is 6.43. The van der Waals surface area contributed by atoms with E-state index in [1.54, 1.807) is 32.1 Å². The van der Waals surface area contributed by atoms with E-state index < -0.39 is 0 Å². The quantitative estimate of drug-likeness (QED) is 0.555. The minimum atomic E-state index is 0.942. The molecular weight excluding hydrogens is 144 g/mol. The van der Waals surface area contributed by atoms with Crippen LogP contribution in [0, 0.1) is 28.1 Å². The Hall–Kier alpha value is 0. The lowest BCUT2D eigenvalue weighted by Crippen LogP contribution is -1.95. The zero-order chi connectivity index (χ0) is 8.19. The topological polar surface area (TPSA) is 0 Å². The molecular formula is C12H18. The highest BCUT2D eigenvalue weighted by molar-refractivity contribution is 5.43. The summed E-state index contributed by atoms with van der Waals surface area (Å²) in [4.78, 5) is 0. The minimum Gasteiger partial charge on any atom is -0.0625 e. The number of hydrogen-bond donors (Lipinski definition) is 0. The molecule has 4 saturated carbocycles. The molecule has 0 aliphatic heterocycles. The summed E-state index contributed by atoms with van der Waals surface area (Å²) in [6, 6.07) is 0. The van der Waals surface area contributed by atoms with E-state index in [9.17, 15) is 0 Å². The molecule has 0 aromatic rings. The molecule has 0 heteroatoms. The van der Waals surface area contributed by atoms with Crippen molar-refractivity contribution in [2.24, 2.45) is 28.1 Å². The van der Waals surface area contributed by atoms with Gasteiger partial charge in [-0.25, -0.2) is 0 Å². The van der Waals surface area contributed by atoms with Crippen molar-refractivity contribution in [1.82, 2.24) is 0 Å². The second kappa shape index (κ2) is 1.31. The van der Waals surface area contributed by atoms with Crippen LogP contribution in [-0.4, -0.2) is 0 Å². The first kappa shape index (κ1) is 6.45. The molecule has 0 heterocycles. The van der Waals surface area contributed by atoms with E-state index >= 15 is 0 Å². The van der Waals surface area contributed by atoms with Gasteiger partial charge >= 0.3 is 0 Å². The SMILES string of the molecule is CC(C)C1CC12CC21CC12CC2. The van der Waals surface area contributed by atoms with Crippen LogP contribution in [0.4, 0.5) is 0 Å². The fourth-order valence-electron chi connectivity index (χ4n) is 4.75. The first-order valence-corrected chi connectivity index (χ1v) is 5.66. The fourth-order valence-corrected chi connectivity index (χ4v) is 4.75. The number of rotatable bonds is 1. The summed E-state index contributed by atoms with van der Waals surface area (Å²) in [5.74, 6) is 2.11. The molecule has 4 aliphatic carbocycles. The third-order valence-corrected chi connectivity index (χ3v) is 5.77. The summed E-state index contributed by atoms with van der Waals surface area (Å²) in [5, 5.41) is 0. The normalized spacial score (nSPS) is 61.8. The van der Waals surface area contributed by atoms with Crippen LogP contribution in [0.3, 0.4) is 0 Å². The minimum absolute atomic E-state index is 0.942. The van der Waals surface area contributed by atoms with E-state index in [4.69, 9.17) is 0 Å². The lowest BCUT2D eigenvalue weighted by molar-refractivity contribution is 0.474. The zero-order valence-corrected chi connectivity index (χ0v) is 8.19. The average molecular weight is 162 g/mol. The summed E-state index contributed by atoms with van der Waals surface area (Å²) in [6.45, 7) is 4.85. The van der Waals surface area contributed by atoms with Gasteiger partial charge in [-0.2, -0.15) is 0 Å². The van der Waals surface area contributed by atoms with Crippen molar-refractivity contribution in [3.8, 4) is 0 Å². The van der Waals surface area contributed by atoms with Gasteiger partial charge in [0.2, 0.25) is 0 Å². The van der Waals surface area contributed by atoms with Crippen LogP contribution in [0.1, 0.15) is 46.0 Å². The molecule has 3 spiro atoms. The van der Waals surface area contributed by atoms with Crippen molar-refractivity contribution in [3.63, 3.8) is 0 Å². The van der Waals surface area contributed by atoms with E-state index in [1.807, 2.05) is 0 Å². The highest BCUT2D eigenvalue weighted by atomic mass is 15.0. The van der Waals surface area contributed by atoms with Crippen LogP contribution in [0.25, 0.3) is 0 Å². The largest absolute Gasteiger partial charge is 0.0625 e. The molecule has 0 saturated heterocycles. The molecule has 0 amide bonds. The van der Waals surface area contributed by atoms with Crippen LogP contribution in [0.15, 0.2) is 0 Å². The van der Waals surface area contributed by atoms with Gasteiger partial charge in [-0.05, 0) is 60.2 Å². The molecule has 0 bridgehead atoms. The Morgan fingerprint density at radius 1 is 1.17 bits per heavy atom. The van der Waals surface area contributed by atoms with Crippen LogP contribution in [0.2, 0.25) is 0 Å². The van der Waals surface area contributed by atoms with Gasteiger partial charge in [0, 0.05) is 0 Å². The standard InChI is InChI=1S/C12H18/c1-8(2)9-5-11(9)7-12(11)6-10(12)3-4-10/h8-9H,3-7H2,1-2H3. The van der Waals surface area contributed by atoms with Crippen LogP contribution in [-0.2, 0) is 0 Å². The Morgan fingerprint density at radius 2 is 1.92 bits per heavy atom. The van der Waals surface area contributed by atoms with E-state index in [0.717, 1.165) is 28.1 Å². The molecule has 0 radical (unpaired) electrons. The summed E-state index contributed by atoms with van der Waals surface area (Å²) in [6.07, 6.45) is 8.08. The molecule has 3 atom stereocenters. The van der Waals surface area contributed by atoms with E-state index in [2.05, 4.69) is 13.8 Å². The van der Waals surface area contributed by atoms with Crippen molar-refractivity contribution in [3.05, 3.63) is 0 Å². The first-order chi connectivity index (χ1) is 5.66. The summed E-state index contributed by atoms with van der Waals surface area (Å²) >= 11 is 0. The van der Waals surface area contributed by atoms with Crippen molar-refractivity contribution in [2.75, 3.05) is 0 Å². The first-order valence-electron chi connectivity index (χ1n) is 5.66. The lowest BCUT2D eigenvalue weighted by atomic mass is 10.0. The number of fused-ring (bicyclic) bond motifs is 2. The van der Waals surface area contributed by atoms with E-state index in [-0.39, 0.29) is 0 Å². The lowest BCUT2D eigenvalue weighted by Gasteiger charge is -2.01. The van der Waals surface area contributed by atoms with Crippen molar-refractivity contribution in [1.29, 1.82) is 0 Å². The van der Waals surface area contributed by atoms with Gasteiger partial charge < -0.3 is 0 Å². The molecule has 0 N–H and O–H groups in total. The van der Waals surface area contributed by atoms with Gasteiger partial charge in [0.25, 0.3) is 0 Å². The second-order valence-electron chi connectivity index (χ2n) is 6.43. The molecule has 4 fully saturated rings. The van der Waals surface area contributed by atoms with E-state index in [1.165, 1.54) is 0 Å². The molecule has 4 aliphatic rings. The van der Waals surface area contributed by atoms with Crippen molar-refractivity contribution < 1.29 is 0 Å². The fraction of sp³-hybridized carbons (Fsp3) is 1.00. The van der Waals surface area contributed by atoms with Gasteiger partial charge in [0.05, 0.1) is 0 Å². The maximum atomic E-state index is 2.42. The monoisotopic (exact) mass is 162 g/mol. The Labute approximate surface area is 74.7 Å². The third-order valence-electron chi connectivity index (χ3n) is 5.77. The summed E-state index contributed by atoms with van der Waals surface area (Å²) in [5.41, 5.74) is 2.88. The Balaban J connectivity index is 1.62. The van der Waals surface area contributed by atoms with Crippen molar-refractivity contribution >= 4 is 0 Å². The van der Waals surface area contributed by atoms with Gasteiger partial charge in [0.1, 0.15) is 0 Å². The molecule has 0 nitrogen and oxygen atoms in total. The predicted octanol–water partition coefficient (Wildman–Crippen LogP) is 3.22. The Kier molecular flexibility index (Phi) is 0.703. The molecule has 4 rings (SSSR count). The van der Waals surface area contributed by atoms with Gasteiger partial charge in [-0.1, -0.05) is 13.8 Å². The van der Waals surface area contributed by atoms with Gasteiger partial charge in [-0.3, -0.25) is 0 Å². The molecule has 12 heavy (non-hydrogen) atoms. The molecule has 0 aromatic carbocycles. The smallest absolute Gasteiger partial charge is 0.0170 e. The molecule has 66 valence electrons. The maximum absolute atomic E-state index is 2.42. The van der Waals surface area contributed by atoms with E-state index in [0.29, 0.717) is 0 Å². The molecule has 3 unspecified atom stereocenters. The summed E-state index contributed by atoms with van der Waals surface area (Å²) in [7, 11) is 0. The highest BCUT2D eigenvalue weighted by Gasteiger charge is 2.95. The maximum Gasteiger partial charge on any atom is -0.0170 e. The van der Waals surface area contributed by atoms with Crippen LogP contribution >= 0.6 is 0 Å². The van der Waals surface area contributed by atoms with Crippen LogP contribution in [0.5, 0.6) is 0 Å². The average Bonchev–Trinajstić information content (AvgIpc) is 2.83. The highest BCUT2D eigenvalue weighted by Crippen LogP contribution is 3.03. The van der Waals surface area contributed by atoms with Gasteiger partial charge in [0.15, 0.2) is 0 Å². The number of hydrogen-bond acceptors (Lipinski definition) is 0. The van der Waals surface area contributed by atoms with Crippen LogP contribution < -0.4 is 0 Å². The molecule has 0 aromatic heterocycles.